The molecule has 0 radical (unpaired) electrons. The van der Waals surface area contributed by atoms with E-state index in [9.17, 15) is 4.79 Å². The van der Waals surface area contributed by atoms with Gasteiger partial charge in [0, 0.05) is 6.42 Å². The highest BCUT2D eigenvalue weighted by Gasteiger charge is 2.22. The molecule has 1 aromatic heterocycles. The highest BCUT2D eigenvalue weighted by molar-refractivity contribution is 6.01. The molecule has 7 heteroatoms. The zero-order chi connectivity index (χ0) is 16.8. The van der Waals surface area contributed by atoms with Gasteiger partial charge in [-0.2, -0.15) is 0 Å². The van der Waals surface area contributed by atoms with Crippen molar-refractivity contribution in [1.29, 1.82) is 0 Å². The van der Waals surface area contributed by atoms with E-state index in [1.807, 2.05) is 24.3 Å². The van der Waals surface area contributed by atoms with E-state index in [0.29, 0.717) is 25.3 Å². The Bertz CT molecular complexity index is 695. The summed E-state index contributed by atoms with van der Waals surface area (Å²) in [7, 11) is 1.63. The number of benzene rings is 1. The summed E-state index contributed by atoms with van der Waals surface area (Å²) in [4.78, 5) is 17.1. The van der Waals surface area contributed by atoms with E-state index in [0.717, 1.165) is 17.0 Å². The number of carbonyl (C=O) groups excluding carboxylic acids is 1. The molecule has 2 amide bonds. The number of hydrogen-bond donors (Lipinski definition) is 2. The number of urea groups is 1. The minimum atomic E-state index is -0.270. The molecule has 0 bridgehead atoms. The number of furan rings is 1. The van der Waals surface area contributed by atoms with E-state index in [1.165, 1.54) is 0 Å². The highest BCUT2D eigenvalue weighted by Crippen LogP contribution is 2.18. The second kappa shape index (κ2) is 7.54. The summed E-state index contributed by atoms with van der Waals surface area (Å²) in [5.41, 5.74) is 1.85. The Balaban J connectivity index is 1.41. The van der Waals surface area contributed by atoms with Gasteiger partial charge in [0.15, 0.2) is 6.10 Å². The predicted octanol–water partition coefficient (Wildman–Crippen LogP) is 2.28. The Kier molecular flexibility index (Phi) is 5.00. The SMILES string of the molecule is COc1ccc(C2=NOC(CNC(=O)NCc3ccco3)C2)cc1. The third-order valence-corrected chi connectivity index (χ3v) is 3.65. The van der Waals surface area contributed by atoms with Gasteiger partial charge in [0.1, 0.15) is 11.5 Å². The minimum Gasteiger partial charge on any atom is -0.497 e. The summed E-state index contributed by atoms with van der Waals surface area (Å²) < 4.78 is 10.3. The monoisotopic (exact) mass is 329 g/mol. The molecule has 2 N–H and O–H groups in total. The average molecular weight is 329 g/mol. The zero-order valence-electron chi connectivity index (χ0n) is 13.3. The molecular formula is C17H19N3O4. The van der Waals surface area contributed by atoms with Crippen molar-refractivity contribution in [1.82, 2.24) is 10.6 Å². The highest BCUT2D eigenvalue weighted by atomic mass is 16.6. The molecule has 0 spiro atoms. The molecule has 0 saturated carbocycles. The summed E-state index contributed by atoms with van der Waals surface area (Å²) in [5, 5.41) is 9.58. The van der Waals surface area contributed by atoms with Gasteiger partial charge in [-0.05, 0) is 42.0 Å². The van der Waals surface area contributed by atoms with Gasteiger partial charge in [0.05, 0.1) is 32.2 Å². The molecule has 24 heavy (non-hydrogen) atoms. The maximum Gasteiger partial charge on any atom is 0.315 e. The molecule has 0 aliphatic carbocycles. The van der Waals surface area contributed by atoms with Crippen LogP contribution < -0.4 is 15.4 Å². The first kappa shape index (κ1) is 15.9. The Morgan fingerprint density at radius 2 is 2.12 bits per heavy atom. The van der Waals surface area contributed by atoms with Crippen molar-refractivity contribution in [2.75, 3.05) is 13.7 Å². The number of oxime groups is 1. The molecule has 1 aliphatic rings. The summed E-state index contributed by atoms with van der Waals surface area (Å²) in [6.07, 6.45) is 2.04. The van der Waals surface area contributed by atoms with Crippen molar-refractivity contribution in [3.8, 4) is 5.75 Å². The standard InChI is InChI=1S/C17H19N3O4/c1-22-13-6-4-12(5-7-13)16-9-15(24-20-16)11-19-17(21)18-10-14-3-2-8-23-14/h2-8,15H,9-11H2,1H3,(H2,18,19,21). The Hall–Kier alpha value is -2.96. The van der Waals surface area contributed by atoms with E-state index in [4.69, 9.17) is 14.0 Å². The molecule has 1 aliphatic heterocycles. The summed E-state index contributed by atoms with van der Waals surface area (Å²) >= 11 is 0. The first-order chi connectivity index (χ1) is 11.7. The Labute approximate surface area is 139 Å². The van der Waals surface area contributed by atoms with Crippen LogP contribution in [0.1, 0.15) is 17.7 Å². The number of methoxy groups -OCH3 is 1. The molecule has 1 atom stereocenters. The van der Waals surface area contributed by atoms with E-state index in [-0.39, 0.29) is 12.1 Å². The lowest BCUT2D eigenvalue weighted by atomic mass is 10.0. The number of nitrogens with one attached hydrogen (secondary N) is 2. The van der Waals surface area contributed by atoms with Crippen LogP contribution in [0.2, 0.25) is 0 Å². The van der Waals surface area contributed by atoms with Crippen LogP contribution in [0.5, 0.6) is 5.75 Å². The lowest BCUT2D eigenvalue weighted by Crippen LogP contribution is -2.39. The van der Waals surface area contributed by atoms with Gasteiger partial charge < -0.3 is 24.6 Å². The van der Waals surface area contributed by atoms with Gasteiger partial charge in [-0.15, -0.1) is 0 Å². The zero-order valence-corrected chi connectivity index (χ0v) is 13.3. The smallest absolute Gasteiger partial charge is 0.315 e. The topological polar surface area (TPSA) is 85.1 Å². The van der Waals surface area contributed by atoms with Crippen LogP contribution in [-0.4, -0.2) is 31.5 Å². The molecule has 2 aromatic rings. The van der Waals surface area contributed by atoms with Gasteiger partial charge in [-0.3, -0.25) is 0 Å². The van der Waals surface area contributed by atoms with Crippen LogP contribution in [-0.2, 0) is 11.4 Å². The lowest BCUT2D eigenvalue weighted by Gasteiger charge is -2.10. The van der Waals surface area contributed by atoms with Crippen molar-refractivity contribution in [2.24, 2.45) is 5.16 Å². The predicted molar refractivity (Wildman–Crippen MR) is 88.0 cm³/mol. The number of hydrogen-bond acceptors (Lipinski definition) is 5. The van der Waals surface area contributed by atoms with Gasteiger partial charge in [-0.25, -0.2) is 4.79 Å². The van der Waals surface area contributed by atoms with Gasteiger partial charge in [0.2, 0.25) is 0 Å². The van der Waals surface area contributed by atoms with Gasteiger partial charge in [0.25, 0.3) is 0 Å². The second-order valence-corrected chi connectivity index (χ2v) is 5.34. The summed E-state index contributed by atoms with van der Waals surface area (Å²) in [6, 6.07) is 10.9. The number of nitrogens with zero attached hydrogens (tertiary/aromatic N) is 1. The van der Waals surface area contributed by atoms with Crippen LogP contribution in [0.4, 0.5) is 4.79 Å². The average Bonchev–Trinajstić information content (AvgIpc) is 3.30. The quantitative estimate of drug-likeness (QED) is 0.851. The Morgan fingerprint density at radius 3 is 2.83 bits per heavy atom. The van der Waals surface area contributed by atoms with Crippen LogP contribution in [0.15, 0.2) is 52.2 Å². The van der Waals surface area contributed by atoms with Crippen molar-refractivity contribution < 1.29 is 18.8 Å². The third kappa shape index (κ3) is 4.07. The fourth-order valence-electron chi connectivity index (χ4n) is 2.34. The van der Waals surface area contributed by atoms with Crippen molar-refractivity contribution in [2.45, 2.75) is 19.1 Å². The maximum atomic E-state index is 11.7. The maximum absolute atomic E-state index is 11.7. The molecule has 126 valence electrons. The van der Waals surface area contributed by atoms with Crippen molar-refractivity contribution in [3.63, 3.8) is 0 Å². The fourth-order valence-corrected chi connectivity index (χ4v) is 2.34. The van der Waals surface area contributed by atoms with Crippen LogP contribution >= 0.6 is 0 Å². The minimum absolute atomic E-state index is 0.170. The first-order valence-corrected chi connectivity index (χ1v) is 7.66. The second-order valence-electron chi connectivity index (χ2n) is 5.34. The lowest BCUT2D eigenvalue weighted by molar-refractivity contribution is 0.0865. The number of carbonyl (C=O) groups is 1. The molecule has 7 nitrogen and oxygen atoms in total. The molecule has 1 aromatic carbocycles. The van der Waals surface area contributed by atoms with Crippen molar-refractivity contribution >= 4 is 11.7 Å². The molecular weight excluding hydrogens is 310 g/mol. The molecule has 0 fully saturated rings. The molecule has 3 rings (SSSR count). The van der Waals surface area contributed by atoms with E-state index in [1.54, 1.807) is 25.5 Å². The fraction of sp³-hybridized carbons (Fsp3) is 0.294. The van der Waals surface area contributed by atoms with E-state index < -0.39 is 0 Å². The molecule has 2 heterocycles. The normalized spacial score (nSPS) is 16.2. The Morgan fingerprint density at radius 1 is 1.29 bits per heavy atom. The third-order valence-electron chi connectivity index (χ3n) is 3.65. The summed E-state index contributed by atoms with van der Waals surface area (Å²) in [5.74, 6) is 1.50. The van der Waals surface area contributed by atoms with Crippen LogP contribution in [0.25, 0.3) is 0 Å². The molecule has 1 unspecified atom stereocenters. The largest absolute Gasteiger partial charge is 0.497 e. The number of ether oxygens (including phenoxy) is 1. The number of amides is 2. The van der Waals surface area contributed by atoms with E-state index in [2.05, 4.69) is 15.8 Å². The van der Waals surface area contributed by atoms with Crippen LogP contribution in [0.3, 0.4) is 0 Å². The van der Waals surface area contributed by atoms with Crippen molar-refractivity contribution in [3.05, 3.63) is 54.0 Å². The molecule has 0 saturated heterocycles. The first-order valence-electron chi connectivity index (χ1n) is 7.66. The van der Waals surface area contributed by atoms with E-state index >= 15 is 0 Å². The number of rotatable bonds is 6. The van der Waals surface area contributed by atoms with Gasteiger partial charge in [-0.1, -0.05) is 5.16 Å². The summed E-state index contributed by atoms with van der Waals surface area (Å²) in [6.45, 7) is 0.727. The van der Waals surface area contributed by atoms with Gasteiger partial charge >= 0.3 is 6.03 Å². The van der Waals surface area contributed by atoms with Crippen LogP contribution in [0, 0.1) is 0 Å².